The second-order valence-electron chi connectivity index (χ2n) is 3.94. The molecule has 0 radical (unpaired) electrons. The minimum absolute atomic E-state index is 0.0406. The number of carbonyl (C=O) groups is 1. The van der Waals surface area contributed by atoms with Gasteiger partial charge in [-0.05, 0) is 17.7 Å². The van der Waals surface area contributed by atoms with E-state index in [0.29, 0.717) is 10.6 Å². The van der Waals surface area contributed by atoms with Gasteiger partial charge >= 0.3 is 0 Å². The van der Waals surface area contributed by atoms with Gasteiger partial charge in [0.1, 0.15) is 11.6 Å². The van der Waals surface area contributed by atoms with Gasteiger partial charge in [-0.25, -0.2) is 4.39 Å². The molecule has 1 nitrogen and oxygen atoms in total. The largest absolute Gasteiger partial charge is 0.299 e. The molecule has 3 heteroatoms. The Morgan fingerprint density at radius 1 is 1.33 bits per heavy atom. The van der Waals surface area contributed by atoms with E-state index in [1.165, 1.54) is 12.1 Å². The Hall–Kier alpha value is -0.890. The van der Waals surface area contributed by atoms with Crippen LogP contribution in [-0.2, 0) is 4.79 Å². The fourth-order valence-electron chi connectivity index (χ4n) is 1.51. The summed E-state index contributed by atoms with van der Waals surface area (Å²) in [6, 6.07) is 4.13. The zero-order chi connectivity index (χ0) is 11.6. The second kappa shape index (κ2) is 4.75. The van der Waals surface area contributed by atoms with Crippen molar-refractivity contribution in [2.75, 3.05) is 0 Å². The summed E-state index contributed by atoms with van der Waals surface area (Å²) >= 11 is 5.88. The number of hydrogen-bond acceptors (Lipinski definition) is 1. The van der Waals surface area contributed by atoms with Crippen molar-refractivity contribution in [1.29, 1.82) is 0 Å². The first-order valence-electron chi connectivity index (χ1n) is 4.92. The van der Waals surface area contributed by atoms with Crippen LogP contribution in [0.5, 0.6) is 0 Å². The Morgan fingerprint density at radius 2 is 1.93 bits per heavy atom. The van der Waals surface area contributed by atoms with Gasteiger partial charge in [0.25, 0.3) is 0 Å². The maximum atomic E-state index is 12.8. The molecule has 0 saturated heterocycles. The predicted octanol–water partition coefficient (Wildman–Crippen LogP) is 3.81. The smallest absolute Gasteiger partial charge is 0.142 e. The van der Waals surface area contributed by atoms with Crippen LogP contribution in [-0.4, -0.2) is 5.78 Å². The third-order valence-corrected chi connectivity index (χ3v) is 2.75. The summed E-state index contributed by atoms with van der Waals surface area (Å²) < 4.78 is 12.8. The molecular weight excluding hydrogens is 215 g/mol. The van der Waals surface area contributed by atoms with Crippen LogP contribution in [0.2, 0.25) is 5.02 Å². The third-order valence-electron chi connectivity index (χ3n) is 2.42. The number of rotatable bonds is 3. The van der Waals surface area contributed by atoms with E-state index in [9.17, 15) is 9.18 Å². The molecule has 1 aromatic rings. The first kappa shape index (κ1) is 12.2. The first-order valence-corrected chi connectivity index (χ1v) is 5.30. The van der Waals surface area contributed by atoms with E-state index in [1.807, 2.05) is 13.8 Å². The lowest BCUT2D eigenvalue weighted by Gasteiger charge is -2.14. The van der Waals surface area contributed by atoms with Gasteiger partial charge in [-0.2, -0.15) is 0 Å². The Kier molecular flexibility index (Phi) is 3.86. The van der Waals surface area contributed by atoms with Crippen molar-refractivity contribution in [2.45, 2.75) is 26.7 Å². The zero-order valence-corrected chi connectivity index (χ0v) is 9.81. The summed E-state index contributed by atoms with van der Waals surface area (Å²) in [5.41, 5.74) is 0.691. The Labute approximate surface area is 94.3 Å². The van der Waals surface area contributed by atoms with Crippen LogP contribution in [0.4, 0.5) is 4.39 Å². The summed E-state index contributed by atoms with van der Waals surface area (Å²) in [5, 5.41) is 0.316. The summed E-state index contributed by atoms with van der Waals surface area (Å²) in [6.07, 6.45) is 0. The molecule has 0 amide bonds. The molecule has 1 rings (SSSR count). The van der Waals surface area contributed by atoms with Gasteiger partial charge in [0, 0.05) is 16.9 Å². The molecule has 0 heterocycles. The zero-order valence-electron chi connectivity index (χ0n) is 9.05. The van der Waals surface area contributed by atoms with Gasteiger partial charge < -0.3 is 0 Å². The number of Topliss-reactive ketones (excluding diaryl/α,β-unsaturated/α-hetero) is 1. The van der Waals surface area contributed by atoms with E-state index in [4.69, 9.17) is 11.6 Å². The molecule has 1 unspecified atom stereocenters. The molecule has 0 aliphatic heterocycles. The van der Waals surface area contributed by atoms with Crippen LogP contribution in [0, 0.1) is 11.7 Å². The van der Waals surface area contributed by atoms with Gasteiger partial charge in [0.2, 0.25) is 0 Å². The molecule has 0 aliphatic carbocycles. The van der Waals surface area contributed by atoms with E-state index in [-0.39, 0.29) is 23.4 Å². The lowest BCUT2D eigenvalue weighted by Crippen LogP contribution is -2.15. The highest BCUT2D eigenvalue weighted by Crippen LogP contribution is 2.27. The number of halogens is 2. The summed E-state index contributed by atoms with van der Waals surface area (Å²) in [5.74, 6) is -0.587. The monoisotopic (exact) mass is 228 g/mol. The average molecular weight is 229 g/mol. The van der Waals surface area contributed by atoms with Crippen molar-refractivity contribution in [3.63, 3.8) is 0 Å². The van der Waals surface area contributed by atoms with E-state index in [1.54, 1.807) is 13.0 Å². The summed E-state index contributed by atoms with van der Waals surface area (Å²) in [7, 11) is 0. The maximum absolute atomic E-state index is 12.8. The molecule has 1 atom stereocenters. The van der Waals surface area contributed by atoms with Gasteiger partial charge in [-0.15, -0.1) is 0 Å². The van der Waals surface area contributed by atoms with Crippen LogP contribution >= 0.6 is 11.6 Å². The van der Waals surface area contributed by atoms with Crippen LogP contribution in [0.25, 0.3) is 0 Å². The average Bonchev–Trinajstić information content (AvgIpc) is 2.15. The molecule has 0 N–H and O–H groups in total. The second-order valence-corrected chi connectivity index (χ2v) is 4.35. The van der Waals surface area contributed by atoms with E-state index >= 15 is 0 Å². The van der Waals surface area contributed by atoms with E-state index < -0.39 is 0 Å². The molecule has 1 aromatic carbocycles. The van der Waals surface area contributed by atoms with Gasteiger partial charge in [0.15, 0.2) is 0 Å². The van der Waals surface area contributed by atoms with Crippen LogP contribution in [0.3, 0.4) is 0 Å². The highest BCUT2D eigenvalue weighted by atomic mass is 35.5. The van der Waals surface area contributed by atoms with Crippen LogP contribution in [0.1, 0.15) is 32.3 Å². The van der Waals surface area contributed by atoms with Crippen molar-refractivity contribution in [2.24, 2.45) is 5.92 Å². The van der Waals surface area contributed by atoms with Crippen molar-refractivity contribution in [1.82, 2.24) is 0 Å². The number of benzene rings is 1. The van der Waals surface area contributed by atoms with E-state index in [2.05, 4.69) is 0 Å². The van der Waals surface area contributed by atoms with Gasteiger partial charge in [-0.1, -0.05) is 38.4 Å². The van der Waals surface area contributed by atoms with Crippen molar-refractivity contribution >= 4 is 17.4 Å². The number of ketones is 1. The first-order chi connectivity index (χ1) is 6.93. The Bertz CT molecular complexity index is 374. The molecule has 0 aliphatic rings. The summed E-state index contributed by atoms with van der Waals surface area (Å²) in [6.45, 7) is 5.48. The quantitative estimate of drug-likeness (QED) is 0.769. The standard InChI is InChI=1S/C12H14ClFO/c1-7(2)12(15)8(3)10-5-4-9(14)6-11(10)13/h4-8H,1-3H3. The van der Waals surface area contributed by atoms with Crippen LogP contribution < -0.4 is 0 Å². The minimum atomic E-state index is -0.382. The van der Waals surface area contributed by atoms with Crippen molar-refractivity contribution in [3.05, 3.63) is 34.6 Å². The lowest BCUT2D eigenvalue weighted by atomic mass is 9.90. The van der Waals surface area contributed by atoms with Gasteiger partial charge in [-0.3, -0.25) is 4.79 Å². The number of hydrogen-bond donors (Lipinski definition) is 0. The number of carbonyl (C=O) groups excluding carboxylic acids is 1. The van der Waals surface area contributed by atoms with Crippen LogP contribution in [0.15, 0.2) is 18.2 Å². The fourth-order valence-corrected chi connectivity index (χ4v) is 1.84. The maximum Gasteiger partial charge on any atom is 0.142 e. The molecule has 0 bridgehead atoms. The molecule has 82 valence electrons. The van der Waals surface area contributed by atoms with E-state index in [0.717, 1.165) is 0 Å². The van der Waals surface area contributed by atoms with Gasteiger partial charge in [0.05, 0.1) is 0 Å². The Morgan fingerprint density at radius 3 is 2.40 bits per heavy atom. The third kappa shape index (κ3) is 2.78. The Balaban J connectivity index is 3.01. The highest BCUT2D eigenvalue weighted by Gasteiger charge is 2.20. The SMILES string of the molecule is CC(C)C(=O)C(C)c1ccc(F)cc1Cl. The molecular formula is C12H14ClFO. The molecule has 0 spiro atoms. The van der Waals surface area contributed by atoms with Crippen molar-refractivity contribution < 1.29 is 9.18 Å². The minimum Gasteiger partial charge on any atom is -0.299 e. The van der Waals surface area contributed by atoms with Crippen molar-refractivity contribution in [3.8, 4) is 0 Å². The molecule has 0 fully saturated rings. The molecule has 0 aromatic heterocycles. The molecule has 0 saturated carbocycles. The normalized spacial score (nSPS) is 12.9. The lowest BCUT2D eigenvalue weighted by molar-refractivity contribution is -0.123. The topological polar surface area (TPSA) is 17.1 Å². The highest BCUT2D eigenvalue weighted by molar-refractivity contribution is 6.31. The fraction of sp³-hybridized carbons (Fsp3) is 0.417. The summed E-state index contributed by atoms with van der Waals surface area (Å²) in [4.78, 5) is 11.7. The molecule has 15 heavy (non-hydrogen) atoms. The predicted molar refractivity (Wildman–Crippen MR) is 59.7 cm³/mol.